The van der Waals surface area contributed by atoms with Crippen LogP contribution in [-0.4, -0.2) is 23.0 Å². The number of benzene rings is 1. The normalized spacial score (nSPS) is 21.6. The number of aliphatic carboxylic acids is 1. The molecule has 0 unspecified atom stereocenters. The molecule has 0 radical (unpaired) electrons. The predicted octanol–water partition coefficient (Wildman–Crippen LogP) is 2.30. The Kier molecular flexibility index (Phi) is 4.77. The van der Waals surface area contributed by atoms with E-state index in [-0.39, 0.29) is 17.9 Å². The average molecular weight is 275 g/mol. The summed E-state index contributed by atoms with van der Waals surface area (Å²) in [6.45, 7) is 2.04. The first-order chi connectivity index (χ1) is 9.54. The zero-order valence-corrected chi connectivity index (χ0v) is 11.8. The van der Waals surface area contributed by atoms with Crippen molar-refractivity contribution in [3.8, 4) is 0 Å². The number of carbonyl (C=O) groups excluding carboxylic acids is 1. The lowest BCUT2D eigenvalue weighted by Crippen LogP contribution is -2.33. The van der Waals surface area contributed by atoms with Crippen LogP contribution in [0.2, 0.25) is 0 Å². The van der Waals surface area contributed by atoms with Crippen LogP contribution >= 0.6 is 0 Å². The highest BCUT2D eigenvalue weighted by Crippen LogP contribution is 2.25. The zero-order chi connectivity index (χ0) is 14.5. The van der Waals surface area contributed by atoms with Crippen molar-refractivity contribution >= 4 is 11.9 Å². The molecule has 0 heterocycles. The maximum absolute atomic E-state index is 11.9. The average Bonchev–Trinajstić information content (AvgIpc) is 2.87. The first kappa shape index (κ1) is 14.6. The van der Waals surface area contributed by atoms with Crippen LogP contribution in [0.3, 0.4) is 0 Å². The number of carboxylic acids is 1. The van der Waals surface area contributed by atoms with Crippen molar-refractivity contribution in [1.29, 1.82) is 0 Å². The molecule has 1 aliphatic carbocycles. The van der Waals surface area contributed by atoms with E-state index >= 15 is 0 Å². The summed E-state index contributed by atoms with van der Waals surface area (Å²) in [5, 5.41) is 11.9. The molecule has 0 saturated heterocycles. The number of aryl methyl sites for hydroxylation is 2. The summed E-state index contributed by atoms with van der Waals surface area (Å²) >= 11 is 0. The molecule has 1 aromatic carbocycles. The first-order valence-electron chi connectivity index (χ1n) is 7.12. The number of hydrogen-bond donors (Lipinski definition) is 2. The van der Waals surface area contributed by atoms with Crippen molar-refractivity contribution in [1.82, 2.24) is 5.32 Å². The third kappa shape index (κ3) is 4.08. The second-order valence-electron chi connectivity index (χ2n) is 5.60. The van der Waals surface area contributed by atoms with E-state index in [0.29, 0.717) is 19.3 Å². The molecule has 0 spiro atoms. The van der Waals surface area contributed by atoms with Gasteiger partial charge in [0.05, 0.1) is 5.92 Å². The van der Waals surface area contributed by atoms with Crippen LogP contribution in [-0.2, 0) is 16.0 Å². The van der Waals surface area contributed by atoms with Gasteiger partial charge in [0.25, 0.3) is 0 Å². The molecule has 4 heteroatoms. The van der Waals surface area contributed by atoms with Crippen LogP contribution in [0.15, 0.2) is 24.3 Å². The molecule has 108 valence electrons. The summed E-state index contributed by atoms with van der Waals surface area (Å²) in [7, 11) is 0. The van der Waals surface area contributed by atoms with Crippen LogP contribution in [0.4, 0.5) is 0 Å². The van der Waals surface area contributed by atoms with Crippen LogP contribution in [0.1, 0.15) is 36.8 Å². The molecule has 2 atom stereocenters. The molecule has 2 rings (SSSR count). The van der Waals surface area contributed by atoms with Gasteiger partial charge in [-0.1, -0.05) is 29.8 Å². The van der Waals surface area contributed by atoms with E-state index in [0.717, 1.165) is 18.4 Å². The van der Waals surface area contributed by atoms with Crippen molar-refractivity contribution in [2.45, 2.75) is 45.1 Å². The minimum atomic E-state index is -0.749. The summed E-state index contributed by atoms with van der Waals surface area (Å²) in [6.07, 6.45) is 3.18. The van der Waals surface area contributed by atoms with Gasteiger partial charge in [-0.2, -0.15) is 0 Å². The van der Waals surface area contributed by atoms with Gasteiger partial charge >= 0.3 is 5.97 Å². The molecule has 4 nitrogen and oxygen atoms in total. The second-order valence-corrected chi connectivity index (χ2v) is 5.60. The van der Waals surface area contributed by atoms with Crippen molar-refractivity contribution in [2.75, 3.05) is 0 Å². The molecule has 1 aliphatic rings. The fraction of sp³-hybridized carbons (Fsp3) is 0.500. The highest BCUT2D eigenvalue weighted by Gasteiger charge is 2.30. The number of amides is 1. The van der Waals surface area contributed by atoms with Crippen molar-refractivity contribution in [3.63, 3.8) is 0 Å². The second kappa shape index (κ2) is 6.55. The van der Waals surface area contributed by atoms with Gasteiger partial charge < -0.3 is 10.4 Å². The van der Waals surface area contributed by atoms with Gasteiger partial charge in [0, 0.05) is 12.5 Å². The summed E-state index contributed by atoms with van der Waals surface area (Å²) < 4.78 is 0. The number of carboxylic acid groups (broad SMARTS) is 1. The molecule has 0 bridgehead atoms. The lowest BCUT2D eigenvalue weighted by Gasteiger charge is -2.12. The first-order valence-corrected chi connectivity index (χ1v) is 7.12. The molecule has 1 aromatic rings. The molecule has 1 fully saturated rings. The Morgan fingerprint density at radius 1 is 1.25 bits per heavy atom. The fourth-order valence-corrected chi connectivity index (χ4v) is 2.65. The van der Waals surface area contributed by atoms with Gasteiger partial charge in [-0.15, -0.1) is 0 Å². The van der Waals surface area contributed by atoms with Crippen LogP contribution in [0.5, 0.6) is 0 Å². The zero-order valence-electron chi connectivity index (χ0n) is 11.8. The summed E-state index contributed by atoms with van der Waals surface area (Å²) in [6, 6.07) is 8.20. The molecule has 2 N–H and O–H groups in total. The van der Waals surface area contributed by atoms with Crippen LogP contribution < -0.4 is 5.32 Å². The van der Waals surface area contributed by atoms with Crippen LogP contribution in [0.25, 0.3) is 0 Å². The monoisotopic (exact) mass is 275 g/mol. The summed E-state index contributed by atoms with van der Waals surface area (Å²) in [5.41, 5.74) is 2.37. The Morgan fingerprint density at radius 3 is 2.55 bits per heavy atom. The molecule has 0 aliphatic heterocycles. The highest BCUT2D eigenvalue weighted by atomic mass is 16.4. The van der Waals surface area contributed by atoms with E-state index in [1.54, 1.807) is 0 Å². The molecule has 1 saturated carbocycles. The topological polar surface area (TPSA) is 66.4 Å². The van der Waals surface area contributed by atoms with Gasteiger partial charge in [-0.25, -0.2) is 0 Å². The Labute approximate surface area is 119 Å². The predicted molar refractivity (Wildman–Crippen MR) is 76.4 cm³/mol. The minimum absolute atomic E-state index is 0.0154. The maximum atomic E-state index is 11.9. The number of hydrogen-bond acceptors (Lipinski definition) is 2. The van der Waals surface area contributed by atoms with E-state index in [9.17, 15) is 9.59 Å². The largest absolute Gasteiger partial charge is 0.481 e. The van der Waals surface area contributed by atoms with Gasteiger partial charge in [0.15, 0.2) is 0 Å². The summed E-state index contributed by atoms with van der Waals surface area (Å²) in [4.78, 5) is 22.7. The van der Waals surface area contributed by atoms with Gasteiger partial charge in [0.2, 0.25) is 5.91 Å². The van der Waals surface area contributed by atoms with Crippen molar-refractivity contribution in [3.05, 3.63) is 35.4 Å². The highest BCUT2D eigenvalue weighted by molar-refractivity contribution is 5.77. The third-order valence-corrected chi connectivity index (χ3v) is 3.91. The minimum Gasteiger partial charge on any atom is -0.481 e. The SMILES string of the molecule is Cc1ccc(CCC(=O)N[C@H]2CC[C@@H](C(=O)O)C2)cc1. The van der Waals surface area contributed by atoms with Gasteiger partial charge in [-0.05, 0) is 38.2 Å². The Morgan fingerprint density at radius 2 is 1.95 bits per heavy atom. The number of rotatable bonds is 5. The number of carbonyl (C=O) groups is 2. The molecule has 1 amide bonds. The molecule has 0 aromatic heterocycles. The standard InChI is InChI=1S/C16H21NO3/c1-11-2-4-12(5-3-11)6-9-15(18)17-14-8-7-13(10-14)16(19)20/h2-5,13-14H,6-10H2,1H3,(H,17,18)(H,19,20)/t13-,14+/m1/s1. The van der Waals surface area contributed by atoms with Crippen LogP contribution in [0, 0.1) is 12.8 Å². The quantitative estimate of drug-likeness (QED) is 0.866. The summed E-state index contributed by atoms with van der Waals surface area (Å²) in [5.74, 6) is -1.03. The molecule has 20 heavy (non-hydrogen) atoms. The van der Waals surface area contributed by atoms with Gasteiger partial charge in [0.1, 0.15) is 0 Å². The molecular weight excluding hydrogens is 254 g/mol. The maximum Gasteiger partial charge on any atom is 0.306 e. The van der Waals surface area contributed by atoms with E-state index in [4.69, 9.17) is 5.11 Å². The van der Waals surface area contributed by atoms with Gasteiger partial charge in [-0.3, -0.25) is 9.59 Å². The van der Waals surface area contributed by atoms with E-state index in [1.807, 2.05) is 31.2 Å². The third-order valence-electron chi connectivity index (χ3n) is 3.91. The van der Waals surface area contributed by atoms with E-state index in [1.165, 1.54) is 5.56 Å². The van der Waals surface area contributed by atoms with Crippen molar-refractivity contribution < 1.29 is 14.7 Å². The smallest absolute Gasteiger partial charge is 0.306 e. The molecular formula is C16H21NO3. The number of nitrogens with one attached hydrogen (secondary N) is 1. The lowest BCUT2D eigenvalue weighted by atomic mass is 10.1. The van der Waals surface area contributed by atoms with Crippen molar-refractivity contribution in [2.24, 2.45) is 5.92 Å². The Balaban J connectivity index is 1.73. The lowest BCUT2D eigenvalue weighted by molar-refractivity contribution is -0.141. The fourth-order valence-electron chi connectivity index (χ4n) is 2.65. The van der Waals surface area contributed by atoms with E-state index < -0.39 is 5.97 Å². The van der Waals surface area contributed by atoms with E-state index in [2.05, 4.69) is 5.32 Å². The Bertz CT molecular complexity index is 481. The Hall–Kier alpha value is -1.84.